The van der Waals surface area contributed by atoms with Crippen molar-refractivity contribution in [1.29, 1.82) is 0 Å². The van der Waals surface area contributed by atoms with Gasteiger partial charge in [-0.15, -0.1) is 6.58 Å². The zero-order valence-electron chi connectivity index (χ0n) is 6.85. The second-order valence-corrected chi connectivity index (χ2v) is 3.85. The molecule has 0 bridgehead atoms. The van der Waals surface area contributed by atoms with Crippen molar-refractivity contribution in [2.75, 3.05) is 0 Å². The Morgan fingerprint density at radius 3 is 2.83 bits per heavy atom. The Kier molecular flexibility index (Phi) is 3.26. The predicted octanol–water partition coefficient (Wildman–Crippen LogP) is 3.72. The van der Waals surface area contributed by atoms with Crippen LogP contribution in [0.5, 0.6) is 0 Å². The van der Waals surface area contributed by atoms with E-state index >= 15 is 0 Å². The van der Waals surface area contributed by atoms with Crippen LogP contribution < -0.4 is 0 Å². The Hall–Kier alpha value is -0.380. The molecule has 0 heterocycles. The molecule has 0 saturated carbocycles. The van der Waals surface area contributed by atoms with Gasteiger partial charge in [0.1, 0.15) is 5.82 Å². The zero-order chi connectivity index (χ0) is 9.14. The van der Waals surface area contributed by atoms with Crippen LogP contribution in [0.25, 0.3) is 0 Å². The molecule has 0 saturated heterocycles. The molecule has 1 rings (SSSR count). The Labute approximate surface area is 85.6 Å². The highest BCUT2D eigenvalue weighted by Gasteiger charge is 2.06. The minimum Gasteiger partial charge on any atom is -0.207 e. The minimum atomic E-state index is -0.181. The number of hydrogen-bond donors (Lipinski definition) is 0. The molecule has 1 aromatic rings. The smallest absolute Gasteiger partial charge is 0.123 e. The first-order chi connectivity index (χ1) is 5.65. The van der Waals surface area contributed by atoms with Gasteiger partial charge in [0, 0.05) is 3.57 Å². The van der Waals surface area contributed by atoms with E-state index in [-0.39, 0.29) is 11.7 Å². The van der Waals surface area contributed by atoms with Crippen molar-refractivity contribution in [1.82, 2.24) is 0 Å². The monoisotopic (exact) mass is 276 g/mol. The van der Waals surface area contributed by atoms with Crippen LogP contribution in [0.1, 0.15) is 18.4 Å². The SMILES string of the molecule is C=CC(C)c1cc(F)ccc1I. The van der Waals surface area contributed by atoms with Crippen LogP contribution in [0.3, 0.4) is 0 Å². The normalized spacial score (nSPS) is 12.6. The lowest BCUT2D eigenvalue weighted by atomic mass is 10.0. The summed E-state index contributed by atoms with van der Waals surface area (Å²) in [6.45, 7) is 5.69. The molecule has 1 aromatic carbocycles. The summed E-state index contributed by atoms with van der Waals surface area (Å²) in [5.41, 5.74) is 1.01. The summed E-state index contributed by atoms with van der Waals surface area (Å²) >= 11 is 2.20. The lowest BCUT2D eigenvalue weighted by Crippen LogP contribution is -1.93. The highest BCUT2D eigenvalue weighted by Crippen LogP contribution is 2.22. The van der Waals surface area contributed by atoms with E-state index in [9.17, 15) is 4.39 Å². The summed E-state index contributed by atoms with van der Waals surface area (Å²) in [6.07, 6.45) is 1.82. The predicted molar refractivity (Wildman–Crippen MR) is 57.7 cm³/mol. The van der Waals surface area contributed by atoms with Crippen LogP contribution in [0.4, 0.5) is 4.39 Å². The molecule has 0 fully saturated rings. The maximum absolute atomic E-state index is 12.8. The number of benzene rings is 1. The number of rotatable bonds is 2. The van der Waals surface area contributed by atoms with Gasteiger partial charge in [-0.1, -0.05) is 13.0 Å². The lowest BCUT2D eigenvalue weighted by Gasteiger charge is -2.08. The summed E-state index contributed by atoms with van der Waals surface area (Å²) in [7, 11) is 0. The Morgan fingerprint density at radius 1 is 1.58 bits per heavy atom. The van der Waals surface area contributed by atoms with E-state index in [4.69, 9.17) is 0 Å². The average molecular weight is 276 g/mol. The second-order valence-electron chi connectivity index (χ2n) is 2.69. The maximum atomic E-state index is 12.8. The quantitative estimate of drug-likeness (QED) is 0.570. The standard InChI is InChI=1S/C10H10FI/c1-3-7(2)9-6-8(11)4-5-10(9)12/h3-7H,1H2,2H3. The lowest BCUT2D eigenvalue weighted by molar-refractivity contribution is 0.624. The number of allylic oxidation sites excluding steroid dienone is 1. The van der Waals surface area contributed by atoms with Gasteiger partial charge in [-0.05, 0) is 52.3 Å². The summed E-state index contributed by atoms with van der Waals surface area (Å²) in [5.74, 6) is 0.0340. The molecule has 0 aromatic heterocycles. The molecule has 0 aliphatic rings. The van der Waals surface area contributed by atoms with Crippen LogP contribution in [-0.2, 0) is 0 Å². The van der Waals surface area contributed by atoms with Gasteiger partial charge in [0.15, 0.2) is 0 Å². The molecule has 2 heteroatoms. The average Bonchev–Trinajstić information content (AvgIpc) is 2.08. The maximum Gasteiger partial charge on any atom is 0.123 e. The van der Waals surface area contributed by atoms with E-state index in [0.717, 1.165) is 9.13 Å². The van der Waals surface area contributed by atoms with Crippen LogP contribution >= 0.6 is 22.6 Å². The van der Waals surface area contributed by atoms with E-state index in [1.54, 1.807) is 12.1 Å². The van der Waals surface area contributed by atoms with E-state index in [1.807, 2.05) is 13.0 Å². The van der Waals surface area contributed by atoms with Crippen molar-refractivity contribution < 1.29 is 4.39 Å². The molecular weight excluding hydrogens is 266 g/mol. The number of hydrogen-bond acceptors (Lipinski definition) is 0. The molecule has 1 unspecified atom stereocenters. The molecule has 0 aliphatic carbocycles. The van der Waals surface area contributed by atoms with Gasteiger partial charge in [0.2, 0.25) is 0 Å². The van der Waals surface area contributed by atoms with Gasteiger partial charge in [0.05, 0.1) is 0 Å². The molecular formula is C10H10FI. The molecule has 1 atom stereocenters. The topological polar surface area (TPSA) is 0 Å². The van der Waals surface area contributed by atoms with Crippen molar-refractivity contribution >= 4 is 22.6 Å². The van der Waals surface area contributed by atoms with Gasteiger partial charge in [-0.3, -0.25) is 0 Å². The largest absolute Gasteiger partial charge is 0.207 e. The van der Waals surface area contributed by atoms with E-state index in [2.05, 4.69) is 29.2 Å². The summed E-state index contributed by atoms with van der Waals surface area (Å²) in [6, 6.07) is 4.82. The second kappa shape index (κ2) is 4.03. The Balaban J connectivity index is 3.12. The Morgan fingerprint density at radius 2 is 2.25 bits per heavy atom. The van der Waals surface area contributed by atoms with Crippen molar-refractivity contribution in [2.45, 2.75) is 12.8 Å². The molecule has 0 aliphatic heterocycles. The van der Waals surface area contributed by atoms with Gasteiger partial charge in [-0.25, -0.2) is 4.39 Å². The molecule has 0 amide bonds. The van der Waals surface area contributed by atoms with Crippen molar-refractivity contribution in [3.63, 3.8) is 0 Å². The molecule has 0 spiro atoms. The summed E-state index contributed by atoms with van der Waals surface area (Å²) in [4.78, 5) is 0. The highest BCUT2D eigenvalue weighted by atomic mass is 127. The van der Waals surface area contributed by atoms with Crippen molar-refractivity contribution in [3.05, 3.63) is 45.8 Å². The minimum absolute atomic E-state index is 0.181. The summed E-state index contributed by atoms with van der Waals surface area (Å²) < 4.78 is 13.9. The van der Waals surface area contributed by atoms with Crippen LogP contribution in [0.15, 0.2) is 30.9 Å². The fourth-order valence-electron chi connectivity index (χ4n) is 0.991. The van der Waals surface area contributed by atoms with Crippen molar-refractivity contribution in [3.8, 4) is 0 Å². The molecule has 12 heavy (non-hydrogen) atoms. The fourth-order valence-corrected chi connectivity index (χ4v) is 1.82. The molecule has 64 valence electrons. The van der Waals surface area contributed by atoms with Crippen LogP contribution in [0, 0.1) is 9.39 Å². The first-order valence-corrected chi connectivity index (χ1v) is 4.80. The van der Waals surface area contributed by atoms with E-state index in [1.165, 1.54) is 6.07 Å². The third kappa shape index (κ3) is 2.06. The van der Waals surface area contributed by atoms with Crippen LogP contribution in [-0.4, -0.2) is 0 Å². The first kappa shape index (κ1) is 9.71. The van der Waals surface area contributed by atoms with Gasteiger partial charge < -0.3 is 0 Å². The molecule has 0 radical (unpaired) electrons. The van der Waals surface area contributed by atoms with E-state index in [0.29, 0.717) is 0 Å². The fraction of sp³-hybridized carbons (Fsp3) is 0.200. The van der Waals surface area contributed by atoms with E-state index < -0.39 is 0 Å². The van der Waals surface area contributed by atoms with Crippen molar-refractivity contribution in [2.24, 2.45) is 0 Å². The summed E-state index contributed by atoms with van der Waals surface area (Å²) in [5, 5.41) is 0. The molecule has 0 N–H and O–H groups in total. The Bertz CT molecular complexity index is 294. The zero-order valence-corrected chi connectivity index (χ0v) is 9.01. The third-order valence-corrected chi connectivity index (χ3v) is 2.78. The third-order valence-electron chi connectivity index (χ3n) is 1.80. The highest BCUT2D eigenvalue weighted by molar-refractivity contribution is 14.1. The first-order valence-electron chi connectivity index (χ1n) is 3.72. The van der Waals surface area contributed by atoms with Gasteiger partial charge in [0.25, 0.3) is 0 Å². The number of halogens is 2. The molecule has 0 nitrogen and oxygen atoms in total. The van der Waals surface area contributed by atoms with Gasteiger partial charge >= 0.3 is 0 Å². The van der Waals surface area contributed by atoms with Gasteiger partial charge in [-0.2, -0.15) is 0 Å². The van der Waals surface area contributed by atoms with Crippen LogP contribution in [0.2, 0.25) is 0 Å².